The second-order valence-electron chi connectivity index (χ2n) is 7.34. The SMILES string of the molecule is CCNC(CC)C(C)N1CCCC(C(C)(C)C)CC1. The van der Waals surface area contributed by atoms with E-state index in [9.17, 15) is 0 Å². The Bertz CT molecular complexity index is 244. The lowest BCUT2D eigenvalue weighted by molar-refractivity contribution is 0.161. The summed E-state index contributed by atoms with van der Waals surface area (Å²) in [6, 6.07) is 1.32. The van der Waals surface area contributed by atoms with E-state index in [-0.39, 0.29) is 0 Å². The first-order valence-corrected chi connectivity index (χ1v) is 8.37. The zero-order chi connectivity index (χ0) is 14.5. The summed E-state index contributed by atoms with van der Waals surface area (Å²) >= 11 is 0. The maximum absolute atomic E-state index is 3.65. The molecule has 114 valence electrons. The van der Waals surface area contributed by atoms with E-state index in [0.717, 1.165) is 12.5 Å². The van der Waals surface area contributed by atoms with E-state index in [1.54, 1.807) is 0 Å². The number of nitrogens with one attached hydrogen (secondary N) is 1. The molecule has 2 nitrogen and oxygen atoms in total. The monoisotopic (exact) mass is 268 g/mol. The lowest BCUT2D eigenvalue weighted by atomic mass is 9.77. The van der Waals surface area contributed by atoms with Crippen LogP contribution in [0.2, 0.25) is 0 Å². The highest BCUT2D eigenvalue weighted by Crippen LogP contribution is 2.34. The molecular formula is C17H36N2. The molecule has 2 heteroatoms. The molecule has 1 fully saturated rings. The van der Waals surface area contributed by atoms with E-state index in [1.165, 1.54) is 38.8 Å². The summed E-state index contributed by atoms with van der Waals surface area (Å²) < 4.78 is 0. The molecule has 0 aliphatic carbocycles. The molecule has 0 bridgehead atoms. The first-order valence-electron chi connectivity index (χ1n) is 8.37. The van der Waals surface area contributed by atoms with Gasteiger partial charge in [-0.2, -0.15) is 0 Å². The van der Waals surface area contributed by atoms with Gasteiger partial charge in [0.1, 0.15) is 0 Å². The number of rotatable bonds is 5. The quantitative estimate of drug-likeness (QED) is 0.813. The highest BCUT2D eigenvalue weighted by atomic mass is 15.2. The molecule has 3 atom stereocenters. The van der Waals surface area contributed by atoms with Gasteiger partial charge in [0.25, 0.3) is 0 Å². The Labute approximate surface area is 121 Å². The summed E-state index contributed by atoms with van der Waals surface area (Å²) in [6.07, 6.45) is 5.38. The molecule has 0 saturated carbocycles. The molecule has 0 spiro atoms. The van der Waals surface area contributed by atoms with Crippen LogP contribution in [0.3, 0.4) is 0 Å². The minimum atomic E-state index is 0.477. The van der Waals surface area contributed by atoms with Crippen LogP contribution in [0.4, 0.5) is 0 Å². The summed E-state index contributed by atoms with van der Waals surface area (Å²) in [5.74, 6) is 0.893. The minimum Gasteiger partial charge on any atom is -0.313 e. The van der Waals surface area contributed by atoms with Gasteiger partial charge in [-0.05, 0) is 63.6 Å². The summed E-state index contributed by atoms with van der Waals surface area (Å²) in [5.41, 5.74) is 0.477. The molecule has 1 aliphatic heterocycles. The Morgan fingerprint density at radius 3 is 2.37 bits per heavy atom. The summed E-state index contributed by atoms with van der Waals surface area (Å²) in [7, 11) is 0. The molecule has 0 amide bonds. The fourth-order valence-corrected chi connectivity index (χ4v) is 3.56. The number of hydrogen-bond donors (Lipinski definition) is 1. The zero-order valence-electron chi connectivity index (χ0n) is 14.1. The molecule has 1 aliphatic rings. The Balaban J connectivity index is 2.56. The van der Waals surface area contributed by atoms with E-state index in [4.69, 9.17) is 0 Å². The number of nitrogens with zero attached hydrogens (tertiary/aromatic N) is 1. The van der Waals surface area contributed by atoms with Crippen LogP contribution in [0.25, 0.3) is 0 Å². The molecule has 0 aromatic carbocycles. The van der Waals surface area contributed by atoms with Crippen molar-refractivity contribution in [1.82, 2.24) is 10.2 Å². The third-order valence-corrected chi connectivity index (χ3v) is 5.05. The van der Waals surface area contributed by atoms with Crippen molar-refractivity contribution in [3.8, 4) is 0 Å². The van der Waals surface area contributed by atoms with E-state index >= 15 is 0 Å². The van der Waals surface area contributed by atoms with Crippen LogP contribution in [0.1, 0.15) is 67.2 Å². The van der Waals surface area contributed by atoms with Crippen LogP contribution in [0.5, 0.6) is 0 Å². The highest BCUT2D eigenvalue weighted by Gasteiger charge is 2.29. The van der Waals surface area contributed by atoms with Gasteiger partial charge in [-0.15, -0.1) is 0 Å². The van der Waals surface area contributed by atoms with Gasteiger partial charge in [0.05, 0.1) is 0 Å². The number of likely N-dealkylation sites (tertiary alicyclic amines) is 1. The topological polar surface area (TPSA) is 15.3 Å². The average molecular weight is 268 g/mol. The lowest BCUT2D eigenvalue weighted by Gasteiger charge is -2.35. The highest BCUT2D eigenvalue weighted by molar-refractivity contribution is 4.84. The van der Waals surface area contributed by atoms with Crippen LogP contribution in [-0.4, -0.2) is 36.6 Å². The Morgan fingerprint density at radius 2 is 1.84 bits per heavy atom. The fourth-order valence-electron chi connectivity index (χ4n) is 3.56. The van der Waals surface area contributed by atoms with E-state index < -0.39 is 0 Å². The smallest absolute Gasteiger partial charge is 0.0220 e. The first-order chi connectivity index (χ1) is 8.90. The molecule has 1 saturated heterocycles. The van der Waals surface area contributed by atoms with E-state index in [1.807, 2.05) is 0 Å². The summed E-state index contributed by atoms with van der Waals surface area (Å²) in [6.45, 7) is 17.8. The number of hydrogen-bond acceptors (Lipinski definition) is 2. The molecule has 0 aromatic rings. The van der Waals surface area contributed by atoms with Crippen LogP contribution >= 0.6 is 0 Å². The predicted octanol–water partition coefficient (Wildman–Crippen LogP) is 3.91. The van der Waals surface area contributed by atoms with E-state index in [2.05, 4.69) is 51.8 Å². The molecule has 0 radical (unpaired) electrons. The molecule has 19 heavy (non-hydrogen) atoms. The van der Waals surface area contributed by atoms with Crippen molar-refractivity contribution in [3.05, 3.63) is 0 Å². The maximum Gasteiger partial charge on any atom is 0.0220 e. The van der Waals surface area contributed by atoms with Crippen molar-refractivity contribution in [2.75, 3.05) is 19.6 Å². The number of likely N-dealkylation sites (N-methyl/N-ethyl adjacent to an activating group) is 1. The minimum absolute atomic E-state index is 0.477. The van der Waals surface area contributed by atoms with Gasteiger partial charge in [-0.3, -0.25) is 4.90 Å². The molecule has 1 heterocycles. The normalized spacial score (nSPS) is 25.9. The molecule has 1 rings (SSSR count). The summed E-state index contributed by atoms with van der Waals surface area (Å²) in [5, 5.41) is 3.65. The van der Waals surface area contributed by atoms with Crippen LogP contribution in [0, 0.1) is 11.3 Å². The Kier molecular flexibility index (Phi) is 6.82. The van der Waals surface area contributed by atoms with Gasteiger partial charge in [0.2, 0.25) is 0 Å². The lowest BCUT2D eigenvalue weighted by Crippen LogP contribution is -2.48. The third-order valence-electron chi connectivity index (χ3n) is 5.05. The van der Waals surface area contributed by atoms with E-state index in [0.29, 0.717) is 17.5 Å². The van der Waals surface area contributed by atoms with Crippen LogP contribution in [0.15, 0.2) is 0 Å². The van der Waals surface area contributed by atoms with Gasteiger partial charge in [-0.25, -0.2) is 0 Å². The van der Waals surface area contributed by atoms with Crippen molar-refractivity contribution in [3.63, 3.8) is 0 Å². The third kappa shape index (κ3) is 5.07. The van der Waals surface area contributed by atoms with Crippen molar-refractivity contribution in [1.29, 1.82) is 0 Å². The van der Waals surface area contributed by atoms with Crippen molar-refractivity contribution < 1.29 is 0 Å². The Hall–Kier alpha value is -0.0800. The van der Waals surface area contributed by atoms with Gasteiger partial charge in [-0.1, -0.05) is 34.6 Å². The van der Waals surface area contributed by atoms with Gasteiger partial charge in [0.15, 0.2) is 0 Å². The van der Waals surface area contributed by atoms with Gasteiger partial charge in [0, 0.05) is 12.1 Å². The zero-order valence-corrected chi connectivity index (χ0v) is 14.1. The molecule has 1 N–H and O–H groups in total. The van der Waals surface area contributed by atoms with Crippen LogP contribution in [-0.2, 0) is 0 Å². The standard InChI is InChI=1S/C17H36N2/c1-7-16(18-8-2)14(3)19-12-9-10-15(11-13-19)17(4,5)6/h14-16,18H,7-13H2,1-6H3. The largest absolute Gasteiger partial charge is 0.313 e. The van der Waals surface area contributed by atoms with Crippen molar-refractivity contribution >= 4 is 0 Å². The summed E-state index contributed by atoms with van der Waals surface area (Å²) in [4.78, 5) is 2.72. The van der Waals surface area contributed by atoms with Crippen LogP contribution < -0.4 is 5.32 Å². The predicted molar refractivity (Wildman–Crippen MR) is 85.6 cm³/mol. The second kappa shape index (κ2) is 7.64. The fraction of sp³-hybridized carbons (Fsp3) is 1.00. The maximum atomic E-state index is 3.65. The molecule has 0 aromatic heterocycles. The second-order valence-corrected chi connectivity index (χ2v) is 7.34. The van der Waals surface area contributed by atoms with Crippen molar-refractivity contribution in [2.45, 2.75) is 79.3 Å². The van der Waals surface area contributed by atoms with Crippen molar-refractivity contribution in [2.24, 2.45) is 11.3 Å². The Morgan fingerprint density at radius 1 is 1.16 bits per heavy atom. The van der Waals surface area contributed by atoms with Gasteiger partial charge < -0.3 is 5.32 Å². The van der Waals surface area contributed by atoms with Gasteiger partial charge >= 0.3 is 0 Å². The molecular weight excluding hydrogens is 232 g/mol. The average Bonchev–Trinajstić information content (AvgIpc) is 2.60. The first kappa shape index (κ1) is 17.0. The molecule has 3 unspecified atom stereocenters.